The molecular weight excluding hydrogens is 300 g/mol. The lowest BCUT2D eigenvalue weighted by molar-refractivity contribution is 0.395. The molecule has 2 N–H and O–H groups in total. The first-order valence-electron chi connectivity index (χ1n) is 6.95. The van der Waals surface area contributed by atoms with E-state index in [1.54, 1.807) is 26.7 Å². The first kappa shape index (κ1) is 16.1. The fourth-order valence-corrected chi connectivity index (χ4v) is 2.16. The SMILES string of the molecule is COc1cc(NC(=S)NCCCn2ccnc2)cc(OC)c1. The summed E-state index contributed by atoms with van der Waals surface area (Å²) in [5, 5.41) is 6.87. The first-order chi connectivity index (χ1) is 10.7. The zero-order valence-corrected chi connectivity index (χ0v) is 13.5. The molecule has 1 aromatic heterocycles. The Labute approximate surface area is 135 Å². The van der Waals surface area contributed by atoms with Gasteiger partial charge in [-0.2, -0.15) is 0 Å². The second-order valence-corrected chi connectivity index (χ2v) is 5.04. The van der Waals surface area contributed by atoms with Crippen LogP contribution in [0, 0.1) is 0 Å². The van der Waals surface area contributed by atoms with Crippen LogP contribution >= 0.6 is 12.2 Å². The van der Waals surface area contributed by atoms with E-state index in [2.05, 4.69) is 15.6 Å². The Balaban J connectivity index is 1.78. The number of nitrogens with zero attached hydrogens (tertiary/aromatic N) is 2. The van der Waals surface area contributed by atoms with Crippen LogP contribution in [0.3, 0.4) is 0 Å². The molecule has 2 rings (SSSR count). The lowest BCUT2D eigenvalue weighted by atomic mass is 10.3. The van der Waals surface area contributed by atoms with E-state index in [1.165, 1.54) is 0 Å². The second-order valence-electron chi connectivity index (χ2n) is 4.64. The van der Waals surface area contributed by atoms with Gasteiger partial charge in [0.1, 0.15) is 11.5 Å². The lowest BCUT2D eigenvalue weighted by Gasteiger charge is -2.13. The highest BCUT2D eigenvalue weighted by molar-refractivity contribution is 7.80. The van der Waals surface area contributed by atoms with Gasteiger partial charge >= 0.3 is 0 Å². The van der Waals surface area contributed by atoms with E-state index in [0.29, 0.717) is 16.6 Å². The molecule has 0 atom stereocenters. The Hall–Kier alpha value is -2.28. The number of benzene rings is 1. The van der Waals surface area contributed by atoms with Crippen LogP contribution in [0.4, 0.5) is 5.69 Å². The fraction of sp³-hybridized carbons (Fsp3) is 0.333. The Morgan fingerprint density at radius 2 is 1.95 bits per heavy atom. The molecule has 6 nitrogen and oxygen atoms in total. The Morgan fingerprint density at radius 3 is 2.55 bits per heavy atom. The van der Waals surface area contributed by atoms with Gasteiger partial charge in [-0.25, -0.2) is 4.98 Å². The number of anilines is 1. The second kappa shape index (κ2) is 8.23. The molecule has 0 spiro atoms. The molecule has 0 amide bonds. The van der Waals surface area contributed by atoms with Gasteiger partial charge in [0.05, 0.1) is 20.5 Å². The number of ether oxygens (including phenoxy) is 2. The van der Waals surface area contributed by atoms with Crippen molar-refractivity contribution < 1.29 is 9.47 Å². The van der Waals surface area contributed by atoms with E-state index in [9.17, 15) is 0 Å². The number of methoxy groups -OCH3 is 2. The van der Waals surface area contributed by atoms with Gasteiger partial charge in [-0.05, 0) is 18.6 Å². The summed E-state index contributed by atoms with van der Waals surface area (Å²) in [6.07, 6.45) is 6.48. The summed E-state index contributed by atoms with van der Waals surface area (Å²) < 4.78 is 12.5. The van der Waals surface area contributed by atoms with Crippen molar-refractivity contribution in [1.29, 1.82) is 0 Å². The third kappa shape index (κ3) is 4.92. The highest BCUT2D eigenvalue weighted by atomic mass is 32.1. The molecule has 0 fully saturated rings. The van der Waals surface area contributed by atoms with Crippen LogP contribution in [-0.2, 0) is 6.54 Å². The summed E-state index contributed by atoms with van der Waals surface area (Å²) in [7, 11) is 3.23. The fourth-order valence-electron chi connectivity index (χ4n) is 1.94. The normalized spacial score (nSPS) is 10.1. The Morgan fingerprint density at radius 1 is 1.23 bits per heavy atom. The van der Waals surface area contributed by atoms with Crippen molar-refractivity contribution in [3.8, 4) is 11.5 Å². The van der Waals surface area contributed by atoms with Crippen molar-refractivity contribution in [2.24, 2.45) is 0 Å². The number of rotatable bonds is 7. The van der Waals surface area contributed by atoms with E-state index in [1.807, 2.05) is 29.0 Å². The zero-order chi connectivity index (χ0) is 15.8. The van der Waals surface area contributed by atoms with E-state index in [0.717, 1.165) is 25.2 Å². The Bertz CT molecular complexity index is 579. The molecule has 0 aliphatic rings. The number of hydrogen-bond donors (Lipinski definition) is 2. The monoisotopic (exact) mass is 320 g/mol. The van der Waals surface area contributed by atoms with E-state index in [-0.39, 0.29) is 0 Å². The minimum absolute atomic E-state index is 0.570. The zero-order valence-electron chi connectivity index (χ0n) is 12.7. The van der Waals surface area contributed by atoms with Crippen molar-refractivity contribution in [1.82, 2.24) is 14.9 Å². The molecule has 0 aliphatic heterocycles. The van der Waals surface area contributed by atoms with Crippen LogP contribution < -0.4 is 20.1 Å². The smallest absolute Gasteiger partial charge is 0.170 e. The minimum atomic E-state index is 0.570. The van der Waals surface area contributed by atoms with Crippen molar-refractivity contribution in [2.45, 2.75) is 13.0 Å². The highest BCUT2D eigenvalue weighted by Gasteiger charge is 2.03. The van der Waals surface area contributed by atoms with Gasteiger partial charge in [0, 0.05) is 49.4 Å². The van der Waals surface area contributed by atoms with Gasteiger partial charge in [0.15, 0.2) is 5.11 Å². The van der Waals surface area contributed by atoms with E-state index < -0.39 is 0 Å². The molecule has 0 saturated heterocycles. The van der Waals surface area contributed by atoms with Crippen molar-refractivity contribution in [3.05, 3.63) is 36.9 Å². The summed E-state index contributed by atoms with van der Waals surface area (Å²) in [6.45, 7) is 1.69. The standard InChI is InChI=1S/C15H20N4O2S/c1-20-13-8-12(9-14(10-13)21-2)18-15(22)17-4-3-6-19-7-5-16-11-19/h5,7-11H,3-4,6H2,1-2H3,(H2,17,18,22). The molecule has 2 aromatic rings. The molecule has 0 saturated carbocycles. The van der Waals surface area contributed by atoms with Gasteiger partial charge in [0.25, 0.3) is 0 Å². The largest absolute Gasteiger partial charge is 0.497 e. The number of thiocarbonyl (C=S) groups is 1. The molecule has 0 radical (unpaired) electrons. The molecule has 118 valence electrons. The van der Waals surface area contributed by atoms with E-state index >= 15 is 0 Å². The van der Waals surface area contributed by atoms with Gasteiger partial charge < -0.3 is 24.7 Å². The van der Waals surface area contributed by atoms with Crippen LogP contribution in [0.15, 0.2) is 36.9 Å². The van der Waals surface area contributed by atoms with Gasteiger partial charge in [-0.3, -0.25) is 0 Å². The van der Waals surface area contributed by atoms with Crippen LogP contribution in [0.5, 0.6) is 11.5 Å². The van der Waals surface area contributed by atoms with Gasteiger partial charge in [-0.1, -0.05) is 0 Å². The predicted octanol–water partition coefficient (Wildman–Crippen LogP) is 2.28. The molecule has 0 bridgehead atoms. The summed E-state index contributed by atoms with van der Waals surface area (Å²) in [5.74, 6) is 1.43. The maximum Gasteiger partial charge on any atom is 0.170 e. The van der Waals surface area contributed by atoms with Crippen molar-refractivity contribution >= 4 is 23.0 Å². The number of aryl methyl sites for hydroxylation is 1. The number of hydrogen-bond acceptors (Lipinski definition) is 4. The lowest BCUT2D eigenvalue weighted by Crippen LogP contribution is -2.29. The van der Waals surface area contributed by atoms with Crippen molar-refractivity contribution in [3.63, 3.8) is 0 Å². The third-order valence-electron chi connectivity index (χ3n) is 3.05. The molecule has 22 heavy (non-hydrogen) atoms. The average Bonchev–Trinajstić information content (AvgIpc) is 3.04. The number of aromatic nitrogens is 2. The number of imidazole rings is 1. The minimum Gasteiger partial charge on any atom is -0.497 e. The van der Waals surface area contributed by atoms with Gasteiger partial charge in [-0.15, -0.1) is 0 Å². The van der Waals surface area contributed by atoms with Crippen LogP contribution in [0.2, 0.25) is 0 Å². The third-order valence-corrected chi connectivity index (χ3v) is 3.29. The van der Waals surface area contributed by atoms with Crippen LogP contribution in [0.25, 0.3) is 0 Å². The van der Waals surface area contributed by atoms with Crippen LogP contribution in [0.1, 0.15) is 6.42 Å². The predicted molar refractivity (Wildman–Crippen MR) is 90.6 cm³/mol. The van der Waals surface area contributed by atoms with E-state index in [4.69, 9.17) is 21.7 Å². The molecule has 1 heterocycles. The van der Waals surface area contributed by atoms with Crippen LogP contribution in [-0.4, -0.2) is 35.4 Å². The summed E-state index contributed by atoms with van der Waals surface area (Å²) in [6, 6.07) is 5.54. The summed E-state index contributed by atoms with van der Waals surface area (Å²) in [4.78, 5) is 4.01. The number of nitrogens with one attached hydrogen (secondary N) is 2. The summed E-state index contributed by atoms with van der Waals surface area (Å²) >= 11 is 5.29. The first-order valence-corrected chi connectivity index (χ1v) is 7.36. The molecule has 7 heteroatoms. The quantitative estimate of drug-likeness (QED) is 0.603. The highest BCUT2D eigenvalue weighted by Crippen LogP contribution is 2.25. The summed E-state index contributed by atoms with van der Waals surface area (Å²) in [5.41, 5.74) is 0.823. The maximum atomic E-state index is 5.29. The topological polar surface area (TPSA) is 60.3 Å². The average molecular weight is 320 g/mol. The molecule has 0 unspecified atom stereocenters. The van der Waals surface area contributed by atoms with Gasteiger partial charge in [0.2, 0.25) is 0 Å². The maximum absolute atomic E-state index is 5.29. The molecule has 1 aromatic carbocycles. The molecule has 0 aliphatic carbocycles. The van der Waals surface area contributed by atoms with Crippen molar-refractivity contribution in [2.75, 3.05) is 26.1 Å². The molecular formula is C15H20N4O2S. The Kier molecular flexibility index (Phi) is 6.02.